The Hall–Kier alpha value is -3.20. The standard InChI is InChI=1S/C19H19BN2O6/c21-18(12-2-1-3-13(23)8-12)22-9-14(10-22)27-15-5-4-11-6-7-20(26)28-17(11)16(15)19(24)25/h1-5,8,14,21,23,26H,6-7,9-10H2,(H,24,25). The summed E-state index contributed by atoms with van der Waals surface area (Å²) in [5.41, 5.74) is 1.24. The van der Waals surface area contributed by atoms with Gasteiger partial charge in [0.15, 0.2) is 0 Å². The van der Waals surface area contributed by atoms with Gasteiger partial charge < -0.3 is 29.5 Å². The Labute approximate surface area is 161 Å². The molecule has 2 aromatic rings. The van der Waals surface area contributed by atoms with E-state index in [2.05, 4.69) is 0 Å². The third kappa shape index (κ3) is 3.36. The van der Waals surface area contributed by atoms with Gasteiger partial charge >= 0.3 is 13.1 Å². The molecule has 0 aliphatic carbocycles. The normalized spacial score (nSPS) is 16.0. The number of nitrogens with zero attached hydrogens (tertiary/aromatic N) is 1. The lowest BCUT2D eigenvalue weighted by Gasteiger charge is -2.41. The Bertz CT molecular complexity index is 944. The topological polar surface area (TPSA) is 123 Å². The average molecular weight is 382 g/mol. The SMILES string of the molecule is N=C(c1cccc(O)c1)N1CC(Oc2ccc3c(c2C(=O)O)OB(O)CC3)C1. The number of hydrogen-bond acceptors (Lipinski definition) is 6. The zero-order valence-corrected chi connectivity index (χ0v) is 15.0. The van der Waals surface area contributed by atoms with Crippen molar-refractivity contribution >= 4 is 18.9 Å². The Morgan fingerprint density at radius 1 is 1.29 bits per heavy atom. The molecule has 144 valence electrons. The minimum Gasteiger partial charge on any atom is -0.535 e. The number of phenols is 1. The maximum atomic E-state index is 11.8. The Balaban J connectivity index is 1.47. The van der Waals surface area contributed by atoms with Gasteiger partial charge in [-0.2, -0.15) is 0 Å². The van der Waals surface area contributed by atoms with Crippen LogP contribution >= 0.6 is 0 Å². The number of benzene rings is 2. The summed E-state index contributed by atoms with van der Waals surface area (Å²) < 4.78 is 11.2. The lowest BCUT2D eigenvalue weighted by molar-refractivity contribution is 0.0597. The summed E-state index contributed by atoms with van der Waals surface area (Å²) in [5.74, 6) is -0.463. The number of carbonyl (C=O) groups is 1. The summed E-state index contributed by atoms with van der Waals surface area (Å²) in [6, 6.07) is 9.85. The smallest absolute Gasteiger partial charge is 0.522 e. The van der Waals surface area contributed by atoms with Crippen LogP contribution in [0.25, 0.3) is 0 Å². The Kier molecular flexibility index (Phi) is 4.60. The fourth-order valence-corrected chi connectivity index (χ4v) is 3.42. The summed E-state index contributed by atoms with van der Waals surface area (Å²) in [6.07, 6.45) is 0.679. The molecule has 28 heavy (non-hydrogen) atoms. The third-order valence-corrected chi connectivity index (χ3v) is 4.91. The van der Waals surface area contributed by atoms with Gasteiger partial charge in [-0.3, -0.25) is 5.41 Å². The molecule has 2 aliphatic heterocycles. The van der Waals surface area contributed by atoms with E-state index in [1.54, 1.807) is 35.2 Å². The van der Waals surface area contributed by atoms with E-state index in [1.165, 1.54) is 6.07 Å². The van der Waals surface area contributed by atoms with Gasteiger partial charge in [-0.15, -0.1) is 0 Å². The summed E-state index contributed by atoms with van der Waals surface area (Å²) in [6.45, 7) is 0.849. The minimum atomic E-state index is -1.18. The molecule has 0 atom stereocenters. The zero-order chi connectivity index (χ0) is 19.8. The van der Waals surface area contributed by atoms with Gasteiger partial charge in [0.1, 0.15) is 34.8 Å². The molecule has 4 N–H and O–H groups in total. The molecule has 2 aliphatic rings. The summed E-state index contributed by atoms with van der Waals surface area (Å²) >= 11 is 0. The number of aromatic hydroxyl groups is 1. The first-order valence-electron chi connectivity index (χ1n) is 8.96. The van der Waals surface area contributed by atoms with Crippen molar-refractivity contribution in [1.29, 1.82) is 5.41 Å². The van der Waals surface area contributed by atoms with E-state index in [1.807, 2.05) is 0 Å². The largest absolute Gasteiger partial charge is 0.535 e. The molecule has 0 amide bonds. The molecular formula is C19H19BN2O6. The highest BCUT2D eigenvalue weighted by Crippen LogP contribution is 2.37. The number of carboxylic acid groups (broad SMARTS) is 1. The third-order valence-electron chi connectivity index (χ3n) is 4.91. The molecule has 0 unspecified atom stereocenters. The highest BCUT2D eigenvalue weighted by atomic mass is 16.5. The fourth-order valence-electron chi connectivity index (χ4n) is 3.42. The molecule has 1 fully saturated rings. The van der Waals surface area contributed by atoms with Crippen molar-refractivity contribution in [2.24, 2.45) is 0 Å². The number of phenolic OH excluding ortho intramolecular Hbond substituents is 1. The summed E-state index contributed by atoms with van der Waals surface area (Å²) in [4.78, 5) is 13.5. The number of ether oxygens (including phenoxy) is 1. The van der Waals surface area contributed by atoms with Gasteiger partial charge in [0.25, 0.3) is 0 Å². The molecule has 0 saturated carbocycles. The number of amidine groups is 1. The lowest BCUT2D eigenvalue weighted by Crippen LogP contribution is -2.56. The molecular weight excluding hydrogens is 363 g/mol. The number of nitrogens with one attached hydrogen (secondary N) is 1. The van der Waals surface area contributed by atoms with Crippen LogP contribution in [0.5, 0.6) is 17.2 Å². The van der Waals surface area contributed by atoms with E-state index < -0.39 is 13.1 Å². The van der Waals surface area contributed by atoms with E-state index in [4.69, 9.17) is 14.8 Å². The van der Waals surface area contributed by atoms with Crippen LogP contribution in [-0.4, -0.2) is 58.3 Å². The molecule has 2 aromatic carbocycles. The first-order chi connectivity index (χ1) is 13.4. The zero-order valence-electron chi connectivity index (χ0n) is 15.0. The Morgan fingerprint density at radius 3 is 2.79 bits per heavy atom. The molecule has 2 heterocycles. The predicted molar refractivity (Wildman–Crippen MR) is 101 cm³/mol. The van der Waals surface area contributed by atoms with E-state index in [0.29, 0.717) is 31.4 Å². The second kappa shape index (κ2) is 7.08. The van der Waals surface area contributed by atoms with Gasteiger partial charge in [-0.25, -0.2) is 4.79 Å². The number of aromatic carboxylic acids is 1. The molecule has 9 heteroatoms. The number of rotatable bonds is 4. The number of likely N-dealkylation sites (tertiary alicyclic amines) is 1. The van der Waals surface area contributed by atoms with Crippen LogP contribution in [0.2, 0.25) is 6.32 Å². The molecule has 0 spiro atoms. The molecule has 0 radical (unpaired) electrons. The van der Waals surface area contributed by atoms with Gasteiger partial charge in [0.2, 0.25) is 0 Å². The molecule has 4 rings (SSSR count). The second-order valence-corrected chi connectivity index (χ2v) is 6.89. The lowest BCUT2D eigenvalue weighted by atomic mass is 9.78. The van der Waals surface area contributed by atoms with Crippen molar-refractivity contribution in [1.82, 2.24) is 4.90 Å². The van der Waals surface area contributed by atoms with Crippen molar-refractivity contribution in [2.45, 2.75) is 18.8 Å². The minimum absolute atomic E-state index is 0.0854. The fraction of sp³-hybridized carbons (Fsp3) is 0.263. The number of carboxylic acids is 1. The van der Waals surface area contributed by atoms with Crippen molar-refractivity contribution in [3.63, 3.8) is 0 Å². The van der Waals surface area contributed by atoms with E-state index in [9.17, 15) is 20.0 Å². The molecule has 0 bridgehead atoms. The van der Waals surface area contributed by atoms with Crippen molar-refractivity contribution in [2.75, 3.05) is 13.1 Å². The van der Waals surface area contributed by atoms with Crippen LogP contribution in [0, 0.1) is 5.41 Å². The highest BCUT2D eigenvalue weighted by molar-refractivity contribution is 6.44. The predicted octanol–water partition coefficient (Wildman–Crippen LogP) is 1.59. The van der Waals surface area contributed by atoms with Crippen LogP contribution in [0.4, 0.5) is 0 Å². The molecule has 1 saturated heterocycles. The average Bonchev–Trinajstić information content (AvgIpc) is 2.63. The van der Waals surface area contributed by atoms with E-state index in [0.717, 1.165) is 5.56 Å². The van der Waals surface area contributed by atoms with Gasteiger partial charge in [-0.1, -0.05) is 18.2 Å². The highest BCUT2D eigenvalue weighted by Gasteiger charge is 2.34. The first kappa shape index (κ1) is 18.2. The van der Waals surface area contributed by atoms with Crippen molar-refractivity contribution in [3.05, 3.63) is 53.1 Å². The van der Waals surface area contributed by atoms with E-state index >= 15 is 0 Å². The van der Waals surface area contributed by atoms with Gasteiger partial charge in [0.05, 0.1) is 13.1 Å². The van der Waals surface area contributed by atoms with Gasteiger partial charge in [0, 0.05) is 5.56 Å². The Morgan fingerprint density at radius 2 is 2.07 bits per heavy atom. The van der Waals surface area contributed by atoms with Crippen molar-refractivity contribution in [3.8, 4) is 17.2 Å². The van der Waals surface area contributed by atoms with Crippen molar-refractivity contribution < 1.29 is 29.4 Å². The summed E-state index contributed by atoms with van der Waals surface area (Å²) in [5, 5.41) is 37.1. The van der Waals surface area contributed by atoms with E-state index in [-0.39, 0.29) is 34.8 Å². The second-order valence-electron chi connectivity index (χ2n) is 6.89. The van der Waals surface area contributed by atoms with Crippen LogP contribution in [0.15, 0.2) is 36.4 Å². The number of aryl methyl sites for hydroxylation is 1. The van der Waals surface area contributed by atoms with Crippen LogP contribution in [0.3, 0.4) is 0 Å². The van der Waals surface area contributed by atoms with Crippen LogP contribution in [-0.2, 0) is 6.42 Å². The first-order valence-corrected chi connectivity index (χ1v) is 8.96. The van der Waals surface area contributed by atoms with Crippen LogP contribution < -0.4 is 9.39 Å². The molecule has 0 aromatic heterocycles. The maximum Gasteiger partial charge on any atom is 0.522 e. The molecule has 8 nitrogen and oxygen atoms in total. The monoisotopic (exact) mass is 382 g/mol. The maximum absolute atomic E-state index is 11.8. The quantitative estimate of drug-likeness (QED) is 0.360. The summed E-state index contributed by atoms with van der Waals surface area (Å²) in [7, 11) is -1.03. The number of fused-ring (bicyclic) bond motifs is 1. The number of hydrogen-bond donors (Lipinski definition) is 4. The van der Waals surface area contributed by atoms with Crippen LogP contribution in [0.1, 0.15) is 21.5 Å². The van der Waals surface area contributed by atoms with Gasteiger partial charge in [-0.05, 0) is 36.5 Å².